The Balaban J connectivity index is 0.000000470. The lowest BCUT2D eigenvalue weighted by Crippen LogP contribution is -2.28. The number of rotatable bonds is 8. The van der Waals surface area contributed by atoms with Gasteiger partial charge in [-0.1, -0.05) is 12.1 Å². The molecule has 2 bridgehead atoms. The second-order valence-corrected chi connectivity index (χ2v) is 11.8. The van der Waals surface area contributed by atoms with Crippen LogP contribution in [0.15, 0.2) is 46.2 Å². The Kier molecular flexibility index (Phi) is 8.95. The second-order valence-electron chi connectivity index (χ2n) is 9.43. The number of thiazole rings is 1. The molecule has 0 radical (unpaired) electrons. The molecule has 0 atom stereocenters. The summed E-state index contributed by atoms with van der Waals surface area (Å²) in [4.78, 5) is 19.6. The Morgan fingerprint density at radius 1 is 1.15 bits per heavy atom. The van der Waals surface area contributed by atoms with Gasteiger partial charge in [-0.05, 0) is 56.4 Å². The number of aliphatic carboxylic acids is 1. The van der Waals surface area contributed by atoms with Gasteiger partial charge < -0.3 is 10.4 Å². The fourth-order valence-corrected chi connectivity index (χ4v) is 6.49. The Bertz CT molecular complexity index is 1430. The molecule has 2 aromatic heterocycles. The molecule has 4 heterocycles. The number of carbonyl (C=O) groups is 1. The topological polar surface area (TPSA) is 125 Å². The Hall–Kier alpha value is -3.30. The number of aromatic nitrogens is 2. The minimum Gasteiger partial charge on any atom is -0.475 e. The molecular weight excluding hydrogens is 574 g/mol. The van der Waals surface area contributed by atoms with E-state index in [9.17, 15) is 26.0 Å². The van der Waals surface area contributed by atoms with E-state index in [1.165, 1.54) is 49.2 Å². The number of hydrogen-bond acceptors (Lipinski definition) is 8. The fraction of sp³-hybridized carbons (Fsp3) is 0.400. The van der Waals surface area contributed by atoms with Gasteiger partial charge in [0.15, 0.2) is 10.8 Å². The predicted octanol–water partition coefficient (Wildman–Crippen LogP) is 5.16. The highest BCUT2D eigenvalue weighted by Gasteiger charge is 2.39. The van der Waals surface area contributed by atoms with E-state index in [1.54, 1.807) is 29.9 Å². The predicted molar refractivity (Wildman–Crippen MR) is 141 cm³/mol. The van der Waals surface area contributed by atoms with Crippen LogP contribution in [0, 0.1) is 12.7 Å². The van der Waals surface area contributed by atoms with Crippen LogP contribution in [-0.2, 0) is 27.9 Å². The average Bonchev–Trinajstić information content (AvgIpc) is 3.62. The summed E-state index contributed by atoms with van der Waals surface area (Å²) in [5, 5.41) is 11.9. The van der Waals surface area contributed by atoms with E-state index in [0.29, 0.717) is 35.6 Å². The van der Waals surface area contributed by atoms with Crippen LogP contribution in [0.3, 0.4) is 0 Å². The summed E-state index contributed by atoms with van der Waals surface area (Å²) >= 11 is 1.30. The molecular formula is C25H27F4N5O4S2. The van der Waals surface area contributed by atoms with E-state index in [4.69, 9.17) is 9.90 Å². The van der Waals surface area contributed by atoms with Gasteiger partial charge >= 0.3 is 12.1 Å². The van der Waals surface area contributed by atoms with Crippen LogP contribution >= 0.6 is 11.3 Å². The summed E-state index contributed by atoms with van der Waals surface area (Å²) < 4.78 is 74.1. The monoisotopic (exact) mass is 601 g/mol. The zero-order valence-corrected chi connectivity index (χ0v) is 22.9. The van der Waals surface area contributed by atoms with Gasteiger partial charge in [0.1, 0.15) is 5.82 Å². The van der Waals surface area contributed by atoms with Crippen molar-refractivity contribution in [2.75, 3.05) is 10.0 Å². The van der Waals surface area contributed by atoms with Crippen molar-refractivity contribution in [3.8, 4) is 0 Å². The van der Waals surface area contributed by atoms with Gasteiger partial charge in [0.25, 0.3) is 10.0 Å². The van der Waals surface area contributed by atoms with Gasteiger partial charge in [-0.15, -0.1) is 11.3 Å². The van der Waals surface area contributed by atoms with E-state index in [-0.39, 0.29) is 16.7 Å². The van der Waals surface area contributed by atoms with Crippen molar-refractivity contribution in [3.05, 3.63) is 63.9 Å². The second kappa shape index (κ2) is 12.1. The standard InChI is InChI=1S/C23H26FN5O2S2.C2HF3O2/c1-15-21(9-10-23(27-15)33(30,31)28-22-13-32-14-26-22)25-11-19-16(3-2-4-20(19)24)12-29-17-5-6-18(29)8-7-17;3-2(4,5)1(6)7/h2-4,9-10,13-14,17-18,25,28H,5-8,11-12H2,1H3;(H,6,7). The number of carboxylic acids is 1. The van der Waals surface area contributed by atoms with E-state index < -0.39 is 22.2 Å². The summed E-state index contributed by atoms with van der Waals surface area (Å²) in [7, 11) is -3.83. The first-order valence-electron chi connectivity index (χ1n) is 12.3. The molecule has 0 unspecified atom stereocenters. The zero-order chi connectivity index (χ0) is 29.1. The Morgan fingerprint density at radius 2 is 1.80 bits per heavy atom. The molecule has 2 aliphatic heterocycles. The van der Waals surface area contributed by atoms with Gasteiger partial charge in [-0.25, -0.2) is 19.2 Å². The molecule has 5 rings (SSSR count). The molecule has 216 valence electrons. The third-order valence-corrected chi connectivity index (χ3v) is 8.72. The van der Waals surface area contributed by atoms with Crippen LogP contribution < -0.4 is 10.0 Å². The number of halogens is 4. The van der Waals surface area contributed by atoms with E-state index in [2.05, 4.69) is 24.9 Å². The summed E-state index contributed by atoms with van der Waals surface area (Å²) in [6.45, 7) is 2.80. The maximum Gasteiger partial charge on any atom is 0.490 e. The number of anilines is 2. The SMILES string of the molecule is Cc1nc(S(=O)(=O)Nc2cscn2)ccc1NCc1c(F)cccc1CN1C2CCC1CC2.O=C(O)C(F)(F)F. The van der Waals surface area contributed by atoms with Crippen molar-refractivity contribution in [1.82, 2.24) is 14.9 Å². The highest BCUT2D eigenvalue weighted by atomic mass is 32.2. The van der Waals surface area contributed by atoms with Crippen LogP contribution in [0.4, 0.5) is 29.1 Å². The molecule has 9 nitrogen and oxygen atoms in total. The number of sulfonamides is 1. The number of nitrogens with one attached hydrogen (secondary N) is 2. The van der Waals surface area contributed by atoms with Crippen molar-refractivity contribution >= 4 is 38.8 Å². The summed E-state index contributed by atoms with van der Waals surface area (Å²) in [5.74, 6) is -2.73. The van der Waals surface area contributed by atoms with Crippen molar-refractivity contribution in [2.24, 2.45) is 0 Å². The number of fused-ring (bicyclic) bond motifs is 2. The molecule has 2 saturated heterocycles. The maximum atomic E-state index is 14.8. The Morgan fingerprint density at radius 3 is 2.35 bits per heavy atom. The molecule has 0 spiro atoms. The summed E-state index contributed by atoms with van der Waals surface area (Å²) in [5.41, 5.74) is 4.38. The first kappa shape index (κ1) is 29.7. The minimum absolute atomic E-state index is 0.0883. The van der Waals surface area contributed by atoms with E-state index in [1.807, 2.05) is 6.07 Å². The molecule has 3 N–H and O–H groups in total. The molecule has 3 aromatic rings. The van der Waals surface area contributed by atoms with Crippen molar-refractivity contribution < 1.29 is 35.9 Å². The van der Waals surface area contributed by atoms with Crippen LogP contribution in [0.25, 0.3) is 0 Å². The average molecular weight is 602 g/mol. The summed E-state index contributed by atoms with van der Waals surface area (Å²) in [6, 6.07) is 9.62. The quantitative estimate of drug-likeness (QED) is 0.303. The van der Waals surface area contributed by atoms with Gasteiger partial charge in [0.2, 0.25) is 0 Å². The molecule has 2 aliphatic rings. The van der Waals surface area contributed by atoms with Crippen molar-refractivity contribution in [3.63, 3.8) is 0 Å². The van der Waals surface area contributed by atoms with Gasteiger partial charge in [-0.3, -0.25) is 9.62 Å². The Labute approximate surface area is 232 Å². The molecule has 0 saturated carbocycles. The molecule has 1 aromatic carbocycles. The molecule has 0 aliphatic carbocycles. The zero-order valence-electron chi connectivity index (χ0n) is 21.3. The number of nitrogens with zero attached hydrogens (tertiary/aromatic N) is 3. The highest BCUT2D eigenvalue weighted by Crippen LogP contribution is 2.38. The number of pyridine rings is 1. The van der Waals surface area contributed by atoms with Gasteiger partial charge in [0, 0.05) is 36.1 Å². The summed E-state index contributed by atoms with van der Waals surface area (Å²) in [6.07, 6.45) is -0.119. The fourth-order valence-electron chi connectivity index (χ4n) is 4.93. The number of benzene rings is 1. The lowest BCUT2D eigenvalue weighted by atomic mass is 10.0. The number of alkyl halides is 3. The van der Waals surface area contributed by atoms with E-state index >= 15 is 0 Å². The van der Waals surface area contributed by atoms with Crippen LogP contribution in [0.5, 0.6) is 0 Å². The normalized spacial score (nSPS) is 18.7. The van der Waals surface area contributed by atoms with E-state index in [0.717, 1.165) is 12.1 Å². The van der Waals surface area contributed by atoms with Crippen LogP contribution in [0.2, 0.25) is 0 Å². The van der Waals surface area contributed by atoms with Crippen molar-refractivity contribution in [1.29, 1.82) is 0 Å². The molecule has 0 amide bonds. The number of carboxylic acid groups (broad SMARTS) is 1. The number of aryl methyl sites for hydroxylation is 1. The molecule has 40 heavy (non-hydrogen) atoms. The maximum absolute atomic E-state index is 14.8. The van der Waals surface area contributed by atoms with Gasteiger partial charge in [0.05, 0.1) is 16.9 Å². The molecule has 2 fully saturated rings. The van der Waals surface area contributed by atoms with Crippen LogP contribution in [-0.4, -0.2) is 52.6 Å². The largest absolute Gasteiger partial charge is 0.490 e. The minimum atomic E-state index is -5.08. The van der Waals surface area contributed by atoms with Crippen LogP contribution in [0.1, 0.15) is 42.5 Å². The first-order valence-corrected chi connectivity index (χ1v) is 14.7. The third kappa shape index (κ3) is 7.06. The third-order valence-electron chi connectivity index (χ3n) is 6.88. The first-order chi connectivity index (χ1) is 18.8. The molecule has 15 heteroatoms. The highest BCUT2D eigenvalue weighted by molar-refractivity contribution is 7.92. The van der Waals surface area contributed by atoms with Gasteiger partial charge in [-0.2, -0.15) is 21.6 Å². The lowest BCUT2D eigenvalue weighted by molar-refractivity contribution is -0.192. The number of hydrogen-bond donors (Lipinski definition) is 3. The van der Waals surface area contributed by atoms with Crippen molar-refractivity contribution in [2.45, 2.75) is 69.0 Å². The smallest absolute Gasteiger partial charge is 0.475 e. The lowest BCUT2D eigenvalue weighted by Gasteiger charge is -2.23.